The maximum atomic E-state index is 11.0. The van der Waals surface area contributed by atoms with Gasteiger partial charge in [-0.05, 0) is 0 Å². The molecule has 10 heavy (non-hydrogen) atoms. The van der Waals surface area contributed by atoms with Gasteiger partial charge in [0.15, 0.2) is 0 Å². The van der Waals surface area contributed by atoms with Crippen molar-refractivity contribution in [3.05, 3.63) is 0 Å². The predicted molar refractivity (Wildman–Crippen MR) is 42.7 cm³/mol. The summed E-state index contributed by atoms with van der Waals surface area (Å²) in [5.41, 5.74) is 0. The normalized spacial score (nSPS) is 25.0. The van der Waals surface area contributed by atoms with Crippen LogP contribution < -0.4 is 0 Å². The molecule has 1 unspecified atom stereocenters. The van der Waals surface area contributed by atoms with Crippen LogP contribution in [0.15, 0.2) is 0 Å². The summed E-state index contributed by atoms with van der Waals surface area (Å²) in [6.45, 7) is 1.20. The molecule has 1 amide bonds. The maximum Gasteiger partial charge on any atom is 0.224 e. The van der Waals surface area contributed by atoms with Crippen LogP contribution in [0.4, 0.5) is 0 Å². The lowest BCUT2D eigenvalue weighted by Crippen LogP contribution is -2.25. The zero-order valence-electron chi connectivity index (χ0n) is 5.51. The minimum atomic E-state index is 0.153. The molecule has 1 heterocycles. The number of terminal acetylenes is 1. The Morgan fingerprint density at radius 2 is 2.60 bits per heavy atom. The third kappa shape index (κ3) is 1.51. The number of likely N-dealkylation sites (tertiary alicyclic amines) is 1. The number of alkyl halides is 1. The van der Waals surface area contributed by atoms with E-state index in [1.807, 2.05) is 0 Å². The molecule has 1 fully saturated rings. The highest BCUT2D eigenvalue weighted by molar-refractivity contribution is 9.09. The summed E-state index contributed by atoms with van der Waals surface area (Å²) in [5, 5.41) is 0. The number of rotatable bonds is 1. The molecule has 0 aromatic heterocycles. The topological polar surface area (TPSA) is 20.3 Å². The number of amides is 1. The van der Waals surface area contributed by atoms with Crippen molar-refractivity contribution < 1.29 is 4.79 Å². The zero-order chi connectivity index (χ0) is 7.56. The Labute approximate surface area is 68.7 Å². The van der Waals surface area contributed by atoms with Crippen LogP contribution in [-0.2, 0) is 4.79 Å². The van der Waals surface area contributed by atoms with Crippen LogP contribution in [0, 0.1) is 12.3 Å². The van der Waals surface area contributed by atoms with Crippen molar-refractivity contribution >= 4 is 21.8 Å². The lowest BCUT2D eigenvalue weighted by molar-refractivity contribution is -0.127. The van der Waals surface area contributed by atoms with Crippen molar-refractivity contribution in [3.63, 3.8) is 0 Å². The molecule has 0 N–H and O–H groups in total. The molecule has 0 radical (unpaired) electrons. The number of carbonyl (C=O) groups excluding carboxylic acids is 1. The second kappa shape index (κ2) is 3.07. The Kier molecular flexibility index (Phi) is 2.34. The van der Waals surface area contributed by atoms with Crippen LogP contribution in [0.2, 0.25) is 0 Å². The molecule has 54 valence electrons. The zero-order valence-corrected chi connectivity index (χ0v) is 7.10. The number of hydrogen-bond acceptors (Lipinski definition) is 1. The van der Waals surface area contributed by atoms with Crippen molar-refractivity contribution in [2.24, 2.45) is 0 Å². The first-order valence-electron chi connectivity index (χ1n) is 3.09. The van der Waals surface area contributed by atoms with Crippen molar-refractivity contribution in [1.29, 1.82) is 0 Å². The molecular formula is C7H8BrNO. The Balaban J connectivity index is 2.48. The molecule has 0 aromatic carbocycles. The summed E-state index contributed by atoms with van der Waals surface area (Å²) in [4.78, 5) is 13.0. The second-order valence-corrected chi connectivity index (χ2v) is 3.57. The quantitative estimate of drug-likeness (QED) is 0.450. The molecule has 1 aliphatic rings. The Morgan fingerprint density at radius 1 is 1.90 bits per heavy atom. The van der Waals surface area contributed by atoms with E-state index in [-0.39, 0.29) is 5.91 Å². The monoisotopic (exact) mass is 201 g/mol. The summed E-state index contributed by atoms with van der Waals surface area (Å²) in [6.07, 6.45) is 5.64. The maximum absolute atomic E-state index is 11.0. The Bertz CT molecular complexity index is 185. The summed E-state index contributed by atoms with van der Waals surface area (Å²) >= 11 is 3.36. The van der Waals surface area contributed by atoms with Crippen LogP contribution in [0.3, 0.4) is 0 Å². The average molecular weight is 202 g/mol. The van der Waals surface area contributed by atoms with Crippen molar-refractivity contribution in [2.75, 3.05) is 13.1 Å². The van der Waals surface area contributed by atoms with E-state index >= 15 is 0 Å². The van der Waals surface area contributed by atoms with E-state index in [0.717, 1.165) is 6.54 Å². The number of carbonyl (C=O) groups is 1. The van der Waals surface area contributed by atoms with E-state index in [9.17, 15) is 4.79 Å². The van der Waals surface area contributed by atoms with E-state index in [0.29, 0.717) is 17.8 Å². The number of nitrogens with zero attached hydrogens (tertiary/aromatic N) is 1. The Morgan fingerprint density at radius 3 is 3.00 bits per heavy atom. The van der Waals surface area contributed by atoms with Crippen LogP contribution in [0.1, 0.15) is 6.42 Å². The van der Waals surface area contributed by atoms with Crippen LogP contribution in [0.5, 0.6) is 0 Å². The van der Waals surface area contributed by atoms with Gasteiger partial charge in [0.05, 0.1) is 6.54 Å². The molecule has 1 atom stereocenters. The van der Waals surface area contributed by atoms with Crippen molar-refractivity contribution in [3.8, 4) is 12.3 Å². The van der Waals surface area contributed by atoms with Gasteiger partial charge < -0.3 is 4.90 Å². The molecule has 1 saturated heterocycles. The summed E-state index contributed by atoms with van der Waals surface area (Å²) in [5.74, 6) is 2.60. The third-order valence-electron chi connectivity index (χ3n) is 1.45. The summed E-state index contributed by atoms with van der Waals surface area (Å²) < 4.78 is 0. The fourth-order valence-electron chi connectivity index (χ4n) is 0.987. The molecule has 2 nitrogen and oxygen atoms in total. The van der Waals surface area contributed by atoms with Gasteiger partial charge in [0.25, 0.3) is 0 Å². The molecule has 0 aliphatic carbocycles. The number of halogens is 1. The largest absolute Gasteiger partial charge is 0.330 e. The molecule has 0 bridgehead atoms. The Hall–Kier alpha value is -0.490. The van der Waals surface area contributed by atoms with E-state index in [1.165, 1.54) is 0 Å². The van der Waals surface area contributed by atoms with Crippen molar-refractivity contribution in [1.82, 2.24) is 4.90 Å². The smallest absolute Gasteiger partial charge is 0.224 e. The summed E-state index contributed by atoms with van der Waals surface area (Å²) in [6, 6.07) is 0. The van der Waals surface area contributed by atoms with Gasteiger partial charge >= 0.3 is 0 Å². The van der Waals surface area contributed by atoms with Gasteiger partial charge in [-0.15, -0.1) is 6.42 Å². The molecule has 0 aromatic rings. The first kappa shape index (κ1) is 7.62. The second-order valence-electron chi connectivity index (χ2n) is 2.28. The molecule has 1 aliphatic heterocycles. The lowest BCUT2D eigenvalue weighted by Gasteiger charge is -2.10. The molecule has 3 heteroatoms. The molecule has 1 rings (SSSR count). The first-order chi connectivity index (χ1) is 4.74. The fourth-order valence-corrected chi connectivity index (χ4v) is 1.61. The molecular weight excluding hydrogens is 194 g/mol. The number of hydrogen-bond donors (Lipinski definition) is 0. The highest BCUT2D eigenvalue weighted by Crippen LogP contribution is 2.16. The predicted octanol–water partition coefficient (Wildman–Crippen LogP) is 0.615. The van der Waals surface area contributed by atoms with Crippen LogP contribution >= 0.6 is 15.9 Å². The van der Waals surface area contributed by atoms with Gasteiger partial charge in [-0.25, -0.2) is 0 Å². The van der Waals surface area contributed by atoms with E-state index < -0.39 is 0 Å². The summed E-state index contributed by atoms with van der Waals surface area (Å²) in [7, 11) is 0. The highest BCUT2D eigenvalue weighted by Gasteiger charge is 2.26. The molecule has 0 spiro atoms. The first-order valence-corrected chi connectivity index (χ1v) is 4.01. The van der Waals surface area contributed by atoms with Crippen LogP contribution in [-0.4, -0.2) is 28.7 Å². The van der Waals surface area contributed by atoms with Gasteiger partial charge in [0, 0.05) is 17.8 Å². The van der Waals surface area contributed by atoms with Crippen molar-refractivity contribution in [2.45, 2.75) is 11.2 Å². The van der Waals surface area contributed by atoms with E-state index in [1.54, 1.807) is 4.90 Å². The van der Waals surface area contributed by atoms with Gasteiger partial charge in [-0.2, -0.15) is 0 Å². The lowest BCUT2D eigenvalue weighted by atomic mass is 10.4. The standard InChI is InChI=1S/C7H8BrNO/c1-2-3-9-5-6(8)4-7(9)10/h1,6H,3-5H2. The van der Waals surface area contributed by atoms with E-state index in [4.69, 9.17) is 6.42 Å². The van der Waals surface area contributed by atoms with Gasteiger partial charge in [-0.1, -0.05) is 21.9 Å². The SMILES string of the molecule is C#CCN1CC(Br)CC1=O. The molecule has 0 saturated carbocycles. The van der Waals surface area contributed by atoms with Gasteiger partial charge in [0.2, 0.25) is 5.91 Å². The minimum absolute atomic E-state index is 0.153. The van der Waals surface area contributed by atoms with Gasteiger partial charge in [0.1, 0.15) is 0 Å². The average Bonchev–Trinajstić information content (AvgIpc) is 2.13. The van der Waals surface area contributed by atoms with E-state index in [2.05, 4.69) is 21.9 Å². The fraction of sp³-hybridized carbons (Fsp3) is 0.571. The van der Waals surface area contributed by atoms with Crippen LogP contribution in [0.25, 0.3) is 0 Å². The highest BCUT2D eigenvalue weighted by atomic mass is 79.9. The minimum Gasteiger partial charge on any atom is -0.330 e. The van der Waals surface area contributed by atoms with Gasteiger partial charge in [-0.3, -0.25) is 4.79 Å². The third-order valence-corrected chi connectivity index (χ3v) is 2.06.